The molecule has 0 aliphatic carbocycles. The molecule has 0 bridgehead atoms. The van der Waals surface area contributed by atoms with Gasteiger partial charge in [0, 0.05) is 74.9 Å². The Morgan fingerprint density at radius 3 is 2.71 bits per heavy atom. The molecule has 14 heteroatoms. The summed E-state index contributed by atoms with van der Waals surface area (Å²) in [7, 11) is 1.10. The fourth-order valence-corrected chi connectivity index (χ4v) is 7.72. The van der Waals surface area contributed by atoms with Crippen LogP contribution in [0.2, 0.25) is 5.02 Å². The van der Waals surface area contributed by atoms with Crippen molar-refractivity contribution >= 4 is 55.7 Å². The fourth-order valence-electron chi connectivity index (χ4n) is 4.86. The van der Waals surface area contributed by atoms with Crippen LogP contribution >= 0.6 is 22.9 Å². The third-order valence-corrected chi connectivity index (χ3v) is 10.2. The van der Waals surface area contributed by atoms with Gasteiger partial charge in [0.25, 0.3) is 15.9 Å². The minimum absolute atomic E-state index is 0.0108. The highest BCUT2D eigenvalue weighted by Crippen LogP contribution is 2.30. The van der Waals surface area contributed by atoms with Gasteiger partial charge in [-0.1, -0.05) is 17.7 Å². The minimum atomic E-state index is -4.16. The van der Waals surface area contributed by atoms with E-state index in [0.717, 1.165) is 30.1 Å². The maximum atomic E-state index is 13.6. The molecule has 1 unspecified atom stereocenters. The van der Waals surface area contributed by atoms with E-state index in [2.05, 4.69) is 9.88 Å². The van der Waals surface area contributed by atoms with Crippen molar-refractivity contribution in [2.24, 2.45) is 0 Å². The Bertz CT molecular complexity index is 1520. The van der Waals surface area contributed by atoms with Crippen LogP contribution in [0.1, 0.15) is 26.8 Å². The molecule has 1 N–H and O–H groups in total. The number of hydrogen-bond donors (Lipinski definition) is 1. The van der Waals surface area contributed by atoms with Crippen molar-refractivity contribution in [1.82, 2.24) is 28.7 Å². The molecule has 1 aromatic carbocycles. The molecule has 2 amide bonds. The summed E-state index contributed by atoms with van der Waals surface area (Å²) in [5.41, 5.74) is 1.19. The van der Waals surface area contributed by atoms with Gasteiger partial charge in [-0.05, 0) is 25.2 Å². The summed E-state index contributed by atoms with van der Waals surface area (Å²) in [5, 5.41) is 11.6. The van der Waals surface area contributed by atoms with Crippen LogP contribution in [-0.4, -0.2) is 108 Å². The van der Waals surface area contributed by atoms with E-state index in [1.54, 1.807) is 31.1 Å². The number of sulfonamides is 1. The van der Waals surface area contributed by atoms with E-state index in [1.165, 1.54) is 32.7 Å². The first-order valence-corrected chi connectivity index (χ1v) is 14.8. The number of halogens is 1. The van der Waals surface area contributed by atoms with Gasteiger partial charge < -0.3 is 19.9 Å². The van der Waals surface area contributed by atoms with Gasteiger partial charge in [0.2, 0.25) is 5.91 Å². The Morgan fingerprint density at radius 1 is 1.21 bits per heavy atom. The summed E-state index contributed by atoms with van der Waals surface area (Å²) in [6.07, 6.45) is 0.723. The van der Waals surface area contributed by atoms with Crippen molar-refractivity contribution < 1.29 is 23.2 Å². The molecule has 38 heavy (non-hydrogen) atoms. The lowest BCUT2D eigenvalue weighted by Gasteiger charge is -2.40. The molecule has 1 saturated heterocycles. The van der Waals surface area contributed by atoms with Crippen molar-refractivity contribution in [2.75, 3.05) is 47.3 Å². The number of benzene rings is 1. The molecule has 2 aromatic heterocycles. The van der Waals surface area contributed by atoms with E-state index >= 15 is 0 Å². The summed E-state index contributed by atoms with van der Waals surface area (Å²) in [6.45, 7) is 1.61. The van der Waals surface area contributed by atoms with Gasteiger partial charge in [0.15, 0.2) is 10.0 Å². The monoisotopic (exact) mass is 580 g/mol. The van der Waals surface area contributed by atoms with Crippen molar-refractivity contribution in [3.63, 3.8) is 0 Å². The number of amides is 2. The quantitative estimate of drug-likeness (QED) is 0.458. The number of aromatic nitrogens is 2. The second-order valence-corrected chi connectivity index (χ2v) is 13.3. The predicted molar refractivity (Wildman–Crippen MR) is 143 cm³/mol. The van der Waals surface area contributed by atoms with Crippen LogP contribution in [0.5, 0.6) is 0 Å². The van der Waals surface area contributed by atoms with E-state index in [1.807, 2.05) is 7.05 Å². The third-order valence-electron chi connectivity index (χ3n) is 7.03. The van der Waals surface area contributed by atoms with Crippen LogP contribution in [0.25, 0.3) is 10.9 Å². The zero-order valence-corrected chi connectivity index (χ0v) is 23.7. The smallest absolute Gasteiger partial charge is 0.283 e. The number of rotatable bonds is 5. The molecule has 2 aliphatic rings. The van der Waals surface area contributed by atoms with Crippen LogP contribution in [0, 0.1) is 0 Å². The molecular formula is C24H29ClN6O5S2. The lowest BCUT2D eigenvalue weighted by atomic mass is 10.1. The van der Waals surface area contributed by atoms with Crippen molar-refractivity contribution in [2.45, 2.75) is 30.5 Å². The molecule has 5 rings (SSSR count). The van der Waals surface area contributed by atoms with Crippen molar-refractivity contribution in [3.05, 3.63) is 44.9 Å². The maximum absolute atomic E-state index is 13.6. The molecule has 0 spiro atoms. The lowest BCUT2D eigenvalue weighted by Crippen LogP contribution is -2.57. The topological polar surface area (TPSA) is 119 Å². The van der Waals surface area contributed by atoms with Crippen molar-refractivity contribution in [3.8, 4) is 0 Å². The number of thiazole rings is 1. The summed E-state index contributed by atoms with van der Waals surface area (Å²) in [6, 6.07) is 5.41. The normalized spacial score (nSPS) is 19.1. The summed E-state index contributed by atoms with van der Waals surface area (Å²) < 4.78 is 29.1. The first-order valence-electron chi connectivity index (χ1n) is 12.1. The number of piperazine rings is 1. The highest BCUT2D eigenvalue weighted by Gasteiger charge is 2.40. The van der Waals surface area contributed by atoms with Crippen LogP contribution in [-0.2, 0) is 27.8 Å². The van der Waals surface area contributed by atoms with Gasteiger partial charge in [0.1, 0.15) is 0 Å². The second kappa shape index (κ2) is 10.1. The molecule has 204 valence electrons. The van der Waals surface area contributed by atoms with Gasteiger partial charge in [0.05, 0.1) is 17.3 Å². The highest BCUT2D eigenvalue weighted by molar-refractivity contribution is 7.89. The second-order valence-electron chi connectivity index (χ2n) is 9.88. The molecule has 0 saturated carbocycles. The number of likely N-dealkylation sites (N-methyl/N-ethyl adjacent to an activating group) is 1. The molecular weight excluding hydrogens is 552 g/mol. The molecule has 1 fully saturated rings. The van der Waals surface area contributed by atoms with Crippen molar-refractivity contribution in [1.29, 1.82) is 0 Å². The van der Waals surface area contributed by atoms with Gasteiger partial charge in [-0.3, -0.25) is 9.59 Å². The number of carbonyl (C=O) groups excluding carboxylic acids is 2. The van der Waals surface area contributed by atoms with Gasteiger partial charge in [-0.25, -0.2) is 13.4 Å². The average molecular weight is 581 g/mol. The van der Waals surface area contributed by atoms with Crippen LogP contribution in [0.4, 0.5) is 0 Å². The first-order chi connectivity index (χ1) is 18.0. The minimum Gasteiger partial charge on any atom is -0.427 e. The summed E-state index contributed by atoms with van der Waals surface area (Å²) in [4.78, 5) is 37.1. The predicted octanol–water partition coefficient (Wildman–Crippen LogP) is 1.97. The zero-order chi connectivity index (χ0) is 27.4. The SMILES string of the molecule is CN1CCc2nc(C(=O)N3CCN(S(=O)(=O)c4cc5ccc(Cl)cc5n4O)CC3CC(=O)N(C)C)sc2C1. The molecule has 11 nitrogen and oxygen atoms in total. The summed E-state index contributed by atoms with van der Waals surface area (Å²) >= 11 is 7.39. The lowest BCUT2D eigenvalue weighted by molar-refractivity contribution is -0.130. The Kier molecular flexibility index (Phi) is 7.16. The highest BCUT2D eigenvalue weighted by atomic mass is 35.5. The van der Waals surface area contributed by atoms with Crippen LogP contribution in [0.3, 0.4) is 0 Å². The number of fused-ring (bicyclic) bond motifs is 2. The van der Waals surface area contributed by atoms with E-state index < -0.39 is 16.1 Å². The van der Waals surface area contributed by atoms with E-state index in [-0.39, 0.29) is 48.4 Å². The molecule has 4 heterocycles. The van der Waals surface area contributed by atoms with Gasteiger partial charge in [-0.15, -0.1) is 11.3 Å². The summed E-state index contributed by atoms with van der Waals surface area (Å²) in [5.74, 6) is -0.524. The van der Waals surface area contributed by atoms with Gasteiger partial charge >= 0.3 is 0 Å². The fraction of sp³-hybridized carbons (Fsp3) is 0.458. The largest absolute Gasteiger partial charge is 0.427 e. The standard InChI is InChI=1S/C24H29ClN6O5S2/c1-27(2)21(32)12-17-13-29(38(35,36)22-10-15-4-5-16(25)11-19(15)31(22)34)8-9-30(17)24(33)23-26-18-6-7-28(3)14-20(18)37-23/h4-5,10-11,17,34H,6-9,12-14H2,1-3H3. The molecule has 1 atom stereocenters. The van der Waals surface area contributed by atoms with E-state index in [0.29, 0.717) is 20.1 Å². The average Bonchev–Trinajstić information content (AvgIpc) is 3.44. The number of hydrogen-bond acceptors (Lipinski definition) is 8. The van der Waals surface area contributed by atoms with Crippen LogP contribution < -0.4 is 0 Å². The molecule has 3 aromatic rings. The Hall–Kier alpha value is -2.71. The van der Waals surface area contributed by atoms with Gasteiger partial charge in [-0.2, -0.15) is 9.04 Å². The maximum Gasteiger partial charge on any atom is 0.283 e. The Morgan fingerprint density at radius 2 is 1.97 bits per heavy atom. The molecule has 0 radical (unpaired) electrons. The number of nitrogens with zero attached hydrogens (tertiary/aromatic N) is 6. The number of carbonyl (C=O) groups is 2. The zero-order valence-electron chi connectivity index (χ0n) is 21.3. The third kappa shape index (κ3) is 4.89. The van der Waals surface area contributed by atoms with E-state index in [4.69, 9.17) is 11.6 Å². The van der Waals surface area contributed by atoms with Crippen LogP contribution in [0.15, 0.2) is 29.3 Å². The Balaban J connectivity index is 1.44. The molecule has 2 aliphatic heterocycles. The van der Waals surface area contributed by atoms with E-state index in [9.17, 15) is 23.2 Å². The Labute approximate surface area is 229 Å². The first kappa shape index (κ1) is 26.9.